The standard InChI is InChI=1S/C32H41N3O3Si/c1-32(2,3)39(4,5)38-21-13-12-18-28(35-31(36)37-23-24-14-8-6-9-15-24)30-33-27-20-19-26(22-29(27)34-30)25-16-10-7-11-17-25/h6-11,14-17,19-20,22,28H,12-13,18,21,23H2,1-5H3,(H,33,34)(H,35,36)/t28-/m0/s1. The molecule has 0 aliphatic rings. The minimum absolute atomic E-state index is 0.187. The number of unbranched alkanes of at least 4 members (excludes halogenated alkanes) is 1. The minimum atomic E-state index is -1.78. The molecule has 6 nitrogen and oxygen atoms in total. The van der Waals surface area contributed by atoms with Gasteiger partial charge in [0.05, 0.1) is 17.1 Å². The van der Waals surface area contributed by atoms with Crippen LogP contribution in [0.4, 0.5) is 4.79 Å². The second kappa shape index (κ2) is 12.6. The van der Waals surface area contributed by atoms with Gasteiger partial charge in [-0.15, -0.1) is 0 Å². The number of rotatable bonds is 11. The Labute approximate surface area is 233 Å². The highest BCUT2D eigenvalue weighted by atomic mass is 28.4. The smallest absolute Gasteiger partial charge is 0.408 e. The highest BCUT2D eigenvalue weighted by Gasteiger charge is 2.36. The summed E-state index contributed by atoms with van der Waals surface area (Å²) in [5.41, 5.74) is 5.03. The van der Waals surface area contributed by atoms with E-state index in [4.69, 9.17) is 14.1 Å². The van der Waals surface area contributed by atoms with Gasteiger partial charge in [-0.05, 0) is 66.2 Å². The number of fused-ring (bicyclic) bond motifs is 1. The predicted molar refractivity (Wildman–Crippen MR) is 161 cm³/mol. The normalized spacial score (nSPS) is 12.8. The highest BCUT2D eigenvalue weighted by Crippen LogP contribution is 2.36. The van der Waals surface area contributed by atoms with Gasteiger partial charge in [0.2, 0.25) is 0 Å². The number of alkyl carbamates (subject to hydrolysis) is 1. The van der Waals surface area contributed by atoms with Gasteiger partial charge in [0, 0.05) is 6.61 Å². The van der Waals surface area contributed by atoms with E-state index in [1.807, 2.05) is 54.6 Å². The van der Waals surface area contributed by atoms with Gasteiger partial charge >= 0.3 is 6.09 Å². The summed E-state index contributed by atoms with van der Waals surface area (Å²) in [6.07, 6.45) is 2.09. The lowest BCUT2D eigenvalue weighted by Gasteiger charge is -2.36. The van der Waals surface area contributed by atoms with Gasteiger partial charge in [-0.2, -0.15) is 0 Å². The third-order valence-electron chi connectivity index (χ3n) is 7.60. The number of carbonyl (C=O) groups excluding carboxylic acids is 1. The summed E-state index contributed by atoms with van der Waals surface area (Å²) < 4.78 is 11.9. The topological polar surface area (TPSA) is 76.2 Å². The number of nitrogens with zero attached hydrogens (tertiary/aromatic N) is 1. The van der Waals surface area contributed by atoms with Gasteiger partial charge in [-0.1, -0.05) is 87.5 Å². The molecule has 3 aromatic carbocycles. The zero-order valence-electron chi connectivity index (χ0n) is 23.8. The fourth-order valence-electron chi connectivity index (χ4n) is 4.18. The lowest BCUT2D eigenvalue weighted by atomic mass is 10.1. The molecule has 206 valence electrons. The first kappa shape index (κ1) is 28.6. The van der Waals surface area contributed by atoms with Crippen LogP contribution in [0, 0.1) is 0 Å². The number of amides is 1. The van der Waals surface area contributed by atoms with Crippen LogP contribution in [0.1, 0.15) is 57.5 Å². The van der Waals surface area contributed by atoms with E-state index in [9.17, 15) is 4.79 Å². The van der Waals surface area contributed by atoms with Gasteiger partial charge in [0.1, 0.15) is 12.4 Å². The van der Waals surface area contributed by atoms with Gasteiger partial charge < -0.3 is 19.5 Å². The maximum atomic E-state index is 12.8. The van der Waals surface area contributed by atoms with Gasteiger partial charge in [0.25, 0.3) is 0 Å². The number of aromatic nitrogens is 2. The SMILES string of the molecule is CC(C)(C)[Si](C)(C)OCCCC[C@H](NC(=O)OCc1ccccc1)c1nc2ccc(-c3ccccc3)cc2[nH]1. The Hall–Kier alpha value is -3.42. The van der Waals surface area contributed by atoms with E-state index >= 15 is 0 Å². The molecule has 1 atom stereocenters. The average Bonchev–Trinajstić information content (AvgIpc) is 3.35. The van der Waals surface area contributed by atoms with Crippen molar-refractivity contribution in [1.29, 1.82) is 0 Å². The lowest BCUT2D eigenvalue weighted by molar-refractivity contribution is 0.134. The number of hydrogen-bond acceptors (Lipinski definition) is 4. The molecule has 0 unspecified atom stereocenters. The molecule has 39 heavy (non-hydrogen) atoms. The quantitative estimate of drug-likeness (QED) is 0.147. The highest BCUT2D eigenvalue weighted by molar-refractivity contribution is 6.74. The summed E-state index contributed by atoms with van der Waals surface area (Å²) in [6.45, 7) is 12.3. The molecule has 1 aromatic heterocycles. The molecule has 0 radical (unpaired) electrons. The van der Waals surface area contributed by atoms with Crippen LogP contribution in [0.15, 0.2) is 78.9 Å². The molecule has 0 aliphatic carbocycles. The largest absolute Gasteiger partial charge is 0.445 e. The van der Waals surface area contributed by atoms with Gasteiger partial charge in [0.15, 0.2) is 8.32 Å². The maximum absolute atomic E-state index is 12.8. The van der Waals surface area contributed by atoms with Crippen molar-refractivity contribution in [1.82, 2.24) is 15.3 Å². The molecule has 0 saturated heterocycles. The molecular formula is C32H41N3O3Si. The first-order chi connectivity index (χ1) is 18.6. The summed E-state index contributed by atoms with van der Waals surface area (Å²) in [4.78, 5) is 21.1. The third-order valence-corrected chi connectivity index (χ3v) is 12.1. The fraction of sp³-hybridized carbons (Fsp3) is 0.375. The average molecular weight is 544 g/mol. The van der Waals surface area contributed by atoms with Crippen molar-refractivity contribution in [3.05, 3.63) is 90.3 Å². The molecule has 0 bridgehead atoms. The van der Waals surface area contributed by atoms with E-state index in [2.05, 4.69) is 68.4 Å². The van der Waals surface area contributed by atoms with Gasteiger partial charge in [-0.3, -0.25) is 0 Å². The zero-order chi connectivity index (χ0) is 27.9. The number of hydrogen-bond donors (Lipinski definition) is 2. The molecular weight excluding hydrogens is 502 g/mol. The van der Waals surface area contributed by atoms with Crippen LogP contribution in [-0.2, 0) is 15.8 Å². The van der Waals surface area contributed by atoms with Crippen LogP contribution in [0.3, 0.4) is 0 Å². The number of nitrogens with one attached hydrogen (secondary N) is 2. The second-order valence-corrected chi connectivity index (χ2v) is 16.4. The molecule has 7 heteroatoms. The third kappa shape index (κ3) is 7.80. The molecule has 0 spiro atoms. The van der Waals surface area contributed by atoms with Crippen LogP contribution < -0.4 is 5.32 Å². The summed E-state index contributed by atoms with van der Waals surface area (Å²) in [5.74, 6) is 0.734. The van der Waals surface area contributed by atoms with Gasteiger partial charge in [-0.25, -0.2) is 9.78 Å². The first-order valence-corrected chi connectivity index (χ1v) is 16.7. The van der Waals surface area contributed by atoms with Crippen molar-refractivity contribution in [3.8, 4) is 11.1 Å². The monoisotopic (exact) mass is 543 g/mol. The molecule has 2 N–H and O–H groups in total. The molecule has 4 aromatic rings. The van der Waals surface area contributed by atoms with Crippen molar-refractivity contribution in [2.45, 2.75) is 70.8 Å². The maximum Gasteiger partial charge on any atom is 0.408 e. The van der Waals surface area contributed by atoms with E-state index in [1.165, 1.54) is 0 Å². The summed E-state index contributed by atoms with van der Waals surface area (Å²) in [6, 6.07) is 25.9. The molecule has 0 fully saturated rings. The molecule has 1 heterocycles. The van der Waals surface area contributed by atoms with E-state index in [0.717, 1.165) is 59.4 Å². The van der Waals surface area contributed by atoms with Crippen molar-refractivity contribution < 1.29 is 14.0 Å². The van der Waals surface area contributed by atoms with E-state index in [0.29, 0.717) is 0 Å². The second-order valence-electron chi connectivity index (χ2n) is 11.6. The van der Waals surface area contributed by atoms with Crippen LogP contribution in [0.5, 0.6) is 0 Å². The Morgan fingerprint density at radius 1 is 0.949 bits per heavy atom. The Balaban J connectivity index is 1.45. The number of ether oxygens (including phenoxy) is 1. The number of carbonyl (C=O) groups is 1. The summed E-state index contributed by atoms with van der Waals surface area (Å²) >= 11 is 0. The van der Waals surface area contributed by atoms with Crippen molar-refractivity contribution in [2.24, 2.45) is 0 Å². The van der Waals surface area contributed by atoms with Crippen molar-refractivity contribution in [2.75, 3.05) is 6.61 Å². The zero-order valence-corrected chi connectivity index (χ0v) is 24.8. The van der Waals surface area contributed by atoms with Crippen molar-refractivity contribution >= 4 is 25.4 Å². The Kier molecular flexibility index (Phi) is 9.25. The fourth-order valence-corrected chi connectivity index (χ4v) is 5.27. The number of benzene rings is 3. The first-order valence-electron chi connectivity index (χ1n) is 13.8. The number of imidazole rings is 1. The van der Waals surface area contributed by atoms with Crippen LogP contribution in [0.2, 0.25) is 18.1 Å². The minimum Gasteiger partial charge on any atom is -0.445 e. The lowest BCUT2D eigenvalue weighted by Crippen LogP contribution is -2.41. The Morgan fingerprint density at radius 2 is 1.64 bits per heavy atom. The molecule has 1 amide bonds. The van der Waals surface area contributed by atoms with Crippen molar-refractivity contribution in [3.63, 3.8) is 0 Å². The summed E-state index contributed by atoms with van der Waals surface area (Å²) in [7, 11) is -1.78. The van der Waals surface area contributed by atoms with Crippen LogP contribution in [0.25, 0.3) is 22.2 Å². The predicted octanol–water partition coefficient (Wildman–Crippen LogP) is 8.39. The number of aromatic amines is 1. The Bertz CT molecular complexity index is 1350. The molecule has 0 saturated carbocycles. The molecule has 4 rings (SSSR count). The van der Waals surface area contributed by atoms with E-state index in [1.54, 1.807) is 0 Å². The number of H-pyrrole nitrogens is 1. The van der Waals surface area contributed by atoms with E-state index < -0.39 is 14.4 Å². The van der Waals surface area contributed by atoms with E-state index in [-0.39, 0.29) is 17.7 Å². The summed E-state index contributed by atoms with van der Waals surface area (Å²) in [5, 5.41) is 3.24. The Morgan fingerprint density at radius 3 is 2.33 bits per heavy atom. The molecule has 0 aliphatic heterocycles. The van der Waals surface area contributed by atoms with Crippen LogP contribution >= 0.6 is 0 Å². The van der Waals surface area contributed by atoms with Crippen LogP contribution in [-0.4, -0.2) is 31.0 Å².